The number of aliphatic carboxylic acids is 1. The molecule has 0 aromatic heterocycles. The third kappa shape index (κ3) is 6.29. The molecule has 0 aliphatic carbocycles. The summed E-state index contributed by atoms with van der Waals surface area (Å²) >= 11 is 1.40. The zero-order chi connectivity index (χ0) is 14.3. The van der Waals surface area contributed by atoms with Gasteiger partial charge in [0, 0.05) is 4.90 Å². The first-order chi connectivity index (χ1) is 8.99. The van der Waals surface area contributed by atoms with Crippen molar-refractivity contribution in [2.24, 2.45) is 5.92 Å². The summed E-state index contributed by atoms with van der Waals surface area (Å²) in [5.41, 5.74) is 0. The van der Waals surface area contributed by atoms with E-state index in [-0.39, 0.29) is 17.6 Å². The van der Waals surface area contributed by atoms with Crippen LogP contribution in [-0.2, 0) is 9.59 Å². The molecule has 0 aliphatic heterocycles. The minimum Gasteiger partial charge on any atom is -0.480 e. The topological polar surface area (TPSA) is 66.4 Å². The largest absolute Gasteiger partial charge is 0.480 e. The number of carboxylic acids is 1. The van der Waals surface area contributed by atoms with Crippen molar-refractivity contribution in [1.82, 2.24) is 5.32 Å². The number of hydrogen-bond acceptors (Lipinski definition) is 3. The molecule has 2 N–H and O–H groups in total. The van der Waals surface area contributed by atoms with Crippen LogP contribution in [0.1, 0.15) is 20.3 Å². The second-order valence-electron chi connectivity index (χ2n) is 4.69. The predicted octanol–water partition coefficient (Wildman–Crippen LogP) is 2.39. The maximum Gasteiger partial charge on any atom is 0.326 e. The summed E-state index contributed by atoms with van der Waals surface area (Å²) in [6.45, 7) is 3.86. The second-order valence-corrected chi connectivity index (χ2v) is 5.74. The van der Waals surface area contributed by atoms with Crippen LogP contribution in [0.15, 0.2) is 35.2 Å². The summed E-state index contributed by atoms with van der Waals surface area (Å²) in [6, 6.07) is 8.75. The minimum absolute atomic E-state index is 0.225. The highest BCUT2D eigenvalue weighted by molar-refractivity contribution is 8.00. The second kappa shape index (κ2) is 7.84. The van der Waals surface area contributed by atoms with Gasteiger partial charge in [0.2, 0.25) is 5.91 Å². The van der Waals surface area contributed by atoms with Crippen molar-refractivity contribution in [2.75, 3.05) is 5.75 Å². The molecular formula is C14H19NO3S. The van der Waals surface area contributed by atoms with Crippen LogP contribution in [-0.4, -0.2) is 28.8 Å². The number of nitrogens with one attached hydrogen (secondary N) is 1. The fraction of sp³-hybridized carbons (Fsp3) is 0.429. The summed E-state index contributed by atoms with van der Waals surface area (Å²) < 4.78 is 0. The summed E-state index contributed by atoms with van der Waals surface area (Å²) in [6.07, 6.45) is 0.442. The first-order valence-corrected chi connectivity index (χ1v) is 7.17. The van der Waals surface area contributed by atoms with E-state index < -0.39 is 12.0 Å². The van der Waals surface area contributed by atoms with E-state index in [0.29, 0.717) is 6.42 Å². The Bertz CT molecular complexity index is 420. The molecule has 0 bridgehead atoms. The number of carbonyl (C=O) groups excluding carboxylic acids is 1. The van der Waals surface area contributed by atoms with Gasteiger partial charge in [-0.1, -0.05) is 32.0 Å². The highest BCUT2D eigenvalue weighted by Crippen LogP contribution is 2.16. The Labute approximate surface area is 117 Å². The first kappa shape index (κ1) is 15.6. The van der Waals surface area contributed by atoms with Crippen LogP contribution in [0, 0.1) is 5.92 Å². The zero-order valence-corrected chi connectivity index (χ0v) is 11.9. The maximum atomic E-state index is 11.7. The molecule has 0 radical (unpaired) electrons. The molecule has 1 aromatic rings. The summed E-state index contributed by atoms with van der Waals surface area (Å²) in [5.74, 6) is -0.775. The van der Waals surface area contributed by atoms with Crippen LogP contribution < -0.4 is 5.32 Å². The van der Waals surface area contributed by atoms with Crippen LogP contribution in [0.5, 0.6) is 0 Å². The van der Waals surface area contributed by atoms with Crippen LogP contribution in [0.2, 0.25) is 0 Å². The van der Waals surface area contributed by atoms with E-state index in [2.05, 4.69) is 5.32 Å². The Morgan fingerprint density at radius 3 is 2.42 bits per heavy atom. The molecule has 1 atom stereocenters. The smallest absolute Gasteiger partial charge is 0.326 e. The van der Waals surface area contributed by atoms with Crippen LogP contribution in [0.25, 0.3) is 0 Å². The minimum atomic E-state index is -0.980. The molecule has 0 unspecified atom stereocenters. The van der Waals surface area contributed by atoms with Crippen molar-refractivity contribution in [2.45, 2.75) is 31.2 Å². The Morgan fingerprint density at radius 1 is 1.26 bits per heavy atom. The van der Waals surface area contributed by atoms with Gasteiger partial charge in [-0.15, -0.1) is 11.8 Å². The van der Waals surface area contributed by atoms with Crippen LogP contribution in [0.3, 0.4) is 0 Å². The SMILES string of the molecule is CC(C)C[C@@H](NC(=O)CSc1ccccc1)C(=O)O. The molecule has 5 heteroatoms. The third-order valence-corrected chi connectivity index (χ3v) is 3.47. The standard InChI is InChI=1S/C14H19NO3S/c1-10(2)8-12(14(17)18)15-13(16)9-19-11-6-4-3-5-7-11/h3-7,10,12H,8-9H2,1-2H3,(H,15,16)(H,17,18)/t12-/m1/s1. The molecule has 0 aliphatic rings. The van der Waals surface area contributed by atoms with Crippen molar-refractivity contribution >= 4 is 23.6 Å². The molecule has 0 heterocycles. The number of carbonyl (C=O) groups is 2. The Kier molecular flexibility index (Phi) is 6.42. The van der Waals surface area contributed by atoms with Crippen molar-refractivity contribution in [1.29, 1.82) is 0 Å². The van der Waals surface area contributed by atoms with Gasteiger partial charge in [-0.2, -0.15) is 0 Å². The van der Waals surface area contributed by atoms with Gasteiger partial charge < -0.3 is 10.4 Å². The van der Waals surface area contributed by atoms with Gasteiger partial charge in [-0.05, 0) is 24.5 Å². The average Bonchev–Trinajstić information content (AvgIpc) is 2.36. The lowest BCUT2D eigenvalue weighted by molar-refractivity contribution is -0.141. The molecule has 0 fully saturated rings. The van der Waals surface area contributed by atoms with Crippen molar-refractivity contribution in [3.8, 4) is 0 Å². The molecule has 4 nitrogen and oxygen atoms in total. The zero-order valence-electron chi connectivity index (χ0n) is 11.1. The molecule has 0 saturated heterocycles. The number of thioether (sulfide) groups is 1. The normalized spacial score (nSPS) is 12.2. The summed E-state index contributed by atoms with van der Waals surface area (Å²) in [7, 11) is 0. The van der Waals surface area contributed by atoms with E-state index in [4.69, 9.17) is 5.11 Å². The van der Waals surface area contributed by atoms with Crippen LogP contribution >= 0.6 is 11.8 Å². The van der Waals surface area contributed by atoms with E-state index in [9.17, 15) is 9.59 Å². The summed E-state index contributed by atoms with van der Waals surface area (Å²) in [5, 5.41) is 11.6. The molecule has 1 amide bonds. The fourth-order valence-corrected chi connectivity index (χ4v) is 2.33. The molecule has 1 rings (SSSR count). The Balaban J connectivity index is 2.42. The number of rotatable bonds is 7. The first-order valence-electron chi connectivity index (χ1n) is 6.19. The van der Waals surface area contributed by atoms with Gasteiger partial charge in [0.15, 0.2) is 0 Å². The quantitative estimate of drug-likeness (QED) is 0.753. The van der Waals surface area contributed by atoms with Crippen molar-refractivity contribution in [3.63, 3.8) is 0 Å². The van der Waals surface area contributed by atoms with Crippen LogP contribution in [0.4, 0.5) is 0 Å². The monoisotopic (exact) mass is 281 g/mol. The lowest BCUT2D eigenvalue weighted by atomic mass is 10.0. The van der Waals surface area contributed by atoms with Gasteiger partial charge >= 0.3 is 5.97 Å². The maximum absolute atomic E-state index is 11.7. The highest BCUT2D eigenvalue weighted by Gasteiger charge is 2.20. The molecule has 1 aromatic carbocycles. The summed E-state index contributed by atoms with van der Waals surface area (Å²) in [4.78, 5) is 23.7. The van der Waals surface area contributed by atoms with Gasteiger partial charge in [-0.3, -0.25) is 4.79 Å². The number of benzene rings is 1. The fourth-order valence-electron chi connectivity index (χ4n) is 1.59. The van der Waals surface area contributed by atoms with Gasteiger partial charge in [0.05, 0.1) is 5.75 Å². The Hall–Kier alpha value is -1.49. The van der Waals surface area contributed by atoms with E-state index in [1.807, 2.05) is 44.2 Å². The third-order valence-electron chi connectivity index (χ3n) is 2.45. The van der Waals surface area contributed by atoms with E-state index >= 15 is 0 Å². The van der Waals surface area contributed by atoms with Gasteiger partial charge in [-0.25, -0.2) is 4.79 Å². The molecule has 0 saturated carbocycles. The predicted molar refractivity (Wildman–Crippen MR) is 76.2 cm³/mol. The molecule has 19 heavy (non-hydrogen) atoms. The Morgan fingerprint density at radius 2 is 1.89 bits per heavy atom. The van der Waals surface area contributed by atoms with Crippen molar-refractivity contribution in [3.05, 3.63) is 30.3 Å². The van der Waals surface area contributed by atoms with E-state index in [1.54, 1.807) is 0 Å². The number of carboxylic acid groups (broad SMARTS) is 1. The number of hydrogen-bond donors (Lipinski definition) is 2. The average molecular weight is 281 g/mol. The molecule has 104 valence electrons. The highest BCUT2D eigenvalue weighted by atomic mass is 32.2. The van der Waals surface area contributed by atoms with E-state index in [1.165, 1.54) is 11.8 Å². The lowest BCUT2D eigenvalue weighted by Gasteiger charge is -2.16. The van der Waals surface area contributed by atoms with Crippen molar-refractivity contribution < 1.29 is 14.7 Å². The van der Waals surface area contributed by atoms with Gasteiger partial charge in [0.1, 0.15) is 6.04 Å². The molecular weight excluding hydrogens is 262 g/mol. The lowest BCUT2D eigenvalue weighted by Crippen LogP contribution is -2.42. The molecule has 0 spiro atoms. The number of amides is 1. The van der Waals surface area contributed by atoms with Gasteiger partial charge in [0.25, 0.3) is 0 Å². The van der Waals surface area contributed by atoms with E-state index in [0.717, 1.165) is 4.90 Å².